The number of nitrogens with zero attached hydrogens (tertiary/aromatic N) is 2. The molecule has 0 aromatic carbocycles. The van der Waals surface area contributed by atoms with E-state index >= 15 is 0 Å². The normalized spacial score (nSPS) is 12.4. The van der Waals surface area contributed by atoms with Crippen LogP contribution in [0.25, 0.3) is 0 Å². The van der Waals surface area contributed by atoms with Gasteiger partial charge in [-0.25, -0.2) is 4.98 Å². The number of rotatable bonds is 7. The van der Waals surface area contributed by atoms with E-state index in [1.165, 1.54) is 0 Å². The third-order valence-electron chi connectivity index (χ3n) is 2.17. The molecule has 1 aromatic heterocycles. The molecule has 2 N–H and O–H groups in total. The summed E-state index contributed by atoms with van der Waals surface area (Å²) in [7, 11) is 0. The molecule has 0 radical (unpaired) electrons. The minimum Gasteiger partial charge on any atom is -0.346 e. The van der Waals surface area contributed by atoms with Gasteiger partial charge in [-0.15, -0.1) is 5.10 Å². The molecular weight excluding hydrogens is 236 g/mol. The number of H-pyrrole nitrogens is 1. The molecule has 0 aliphatic rings. The summed E-state index contributed by atoms with van der Waals surface area (Å²) in [5, 5.41) is 9.57. The summed E-state index contributed by atoms with van der Waals surface area (Å²) < 4.78 is 0. The van der Waals surface area contributed by atoms with E-state index in [-0.39, 0.29) is 17.8 Å². The number of hydrogen-bond donors (Lipinski definition) is 2. The highest BCUT2D eigenvalue weighted by Crippen LogP contribution is 2.02. The maximum atomic E-state index is 11.8. The van der Waals surface area contributed by atoms with Crippen LogP contribution in [0, 0.1) is 0 Å². The van der Waals surface area contributed by atoms with Crippen LogP contribution in [-0.2, 0) is 6.42 Å². The third kappa shape index (κ3) is 4.77. The summed E-state index contributed by atoms with van der Waals surface area (Å²) in [6, 6.07) is 0.139. The van der Waals surface area contributed by atoms with Gasteiger partial charge in [0.2, 0.25) is 5.82 Å². The van der Waals surface area contributed by atoms with Gasteiger partial charge in [0.1, 0.15) is 5.82 Å². The Labute approximate surface area is 106 Å². The number of carbonyl (C=O) groups is 1. The highest BCUT2D eigenvalue weighted by Gasteiger charge is 2.14. The Kier molecular flexibility index (Phi) is 6.04. The minimum absolute atomic E-state index is 0.139. The maximum Gasteiger partial charge on any atom is 0.291 e. The molecular formula is C11H20N4OS. The highest BCUT2D eigenvalue weighted by molar-refractivity contribution is 7.99. The first-order chi connectivity index (χ1) is 8.17. The van der Waals surface area contributed by atoms with Gasteiger partial charge in [0, 0.05) is 18.2 Å². The topological polar surface area (TPSA) is 70.7 Å². The molecule has 0 spiro atoms. The van der Waals surface area contributed by atoms with Gasteiger partial charge in [0.25, 0.3) is 5.91 Å². The van der Waals surface area contributed by atoms with E-state index in [1.807, 2.05) is 6.92 Å². The average molecular weight is 256 g/mol. The third-order valence-corrected chi connectivity index (χ3v) is 3.32. The molecule has 6 heteroatoms. The van der Waals surface area contributed by atoms with E-state index in [2.05, 4.69) is 34.3 Å². The zero-order chi connectivity index (χ0) is 12.7. The van der Waals surface area contributed by atoms with Crippen molar-refractivity contribution in [2.24, 2.45) is 0 Å². The van der Waals surface area contributed by atoms with Gasteiger partial charge in [-0.1, -0.05) is 13.8 Å². The van der Waals surface area contributed by atoms with E-state index in [9.17, 15) is 4.79 Å². The number of thioether (sulfide) groups is 1. The van der Waals surface area contributed by atoms with Crippen molar-refractivity contribution in [1.82, 2.24) is 20.5 Å². The van der Waals surface area contributed by atoms with Crippen LogP contribution in [0.4, 0.5) is 0 Å². The van der Waals surface area contributed by atoms with Crippen molar-refractivity contribution in [2.75, 3.05) is 11.5 Å². The summed E-state index contributed by atoms with van der Waals surface area (Å²) >= 11 is 1.80. The van der Waals surface area contributed by atoms with Gasteiger partial charge < -0.3 is 5.32 Å². The number of aromatic nitrogens is 3. The summed E-state index contributed by atoms with van der Waals surface area (Å²) in [5.74, 6) is 2.78. The molecule has 17 heavy (non-hydrogen) atoms. The fourth-order valence-corrected chi connectivity index (χ4v) is 2.04. The minimum atomic E-state index is -0.201. The molecule has 5 nitrogen and oxygen atoms in total. The van der Waals surface area contributed by atoms with Crippen molar-refractivity contribution in [2.45, 2.75) is 39.7 Å². The average Bonchev–Trinajstić information content (AvgIpc) is 2.75. The second kappa shape index (κ2) is 7.32. The van der Waals surface area contributed by atoms with Crippen LogP contribution >= 0.6 is 11.8 Å². The SMILES string of the molecule is CCCc1nc(C(=O)NC(C)CSCC)n[nH]1. The van der Waals surface area contributed by atoms with Crippen molar-refractivity contribution < 1.29 is 4.79 Å². The van der Waals surface area contributed by atoms with E-state index < -0.39 is 0 Å². The van der Waals surface area contributed by atoms with Gasteiger partial charge >= 0.3 is 0 Å². The first-order valence-electron chi connectivity index (χ1n) is 5.97. The summed E-state index contributed by atoms with van der Waals surface area (Å²) in [6.45, 7) is 6.15. The monoisotopic (exact) mass is 256 g/mol. The Morgan fingerprint density at radius 1 is 1.53 bits per heavy atom. The van der Waals surface area contributed by atoms with Gasteiger partial charge in [-0.05, 0) is 19.1 Å². The summed E-state index contributed by atoms with van der Waals surface area (Å²) in [6.07, 6.45) is 1.81. The predicted molar refractivity (Wildman–Crippen MR) is 70.3 cm³/mol. The van der Waals surface area contributed by atoms with Crippen molar-refractivity contribution >= 4 is 17.7 Å². The van der Waals surface area contributed by atoms with Crippen molar-refractivity contribution in [3.8, 4) is 0 Å². The number of carbonyl (C=O) groups excluding carboxylic acids is 1. The molecule has 0 saturated carbocycles. The number of amides is 1. The highest BCUT2D eigenvalue weighted by atomic mass is 32.2. The Hall–Kier alpha value is -1.04. The fourth-order valence-electron chi connectivity index (χ4n) is 1.37. The molecule has 1 amide bonds. The molecule has 0 aliphatic heterocycles. The quantitative estimate of drug-likeness (QED) is 0.778. The van der Waals surface area contributed by atoms with Crippen LogP contribution < -0.4 is 5.32 Å². The van der Waals surface area contributed by atoms with Crippen LogP contribution in [0.1, 0.15) is 43.6 Å². The smallest absolute Gasteiger partial charge is 0.291 e. The number of aryl methyl sites for hydroxylation is 1. The largest absolute Gasteiger partial charge is 0.346 e. The van der Waals surface area contributed by atoms with Gasteiger partial charge in [-0.2, -0.15) is 11.8 Å². The first kappa shape index (κ1) is 14.0. The lowest BCUT2D eigenvalue weighted by atomic mass is 10.3. The Bertz CT molecular complexity index is 353. The van der Waals surface area contributed by atoms with E-state index in [1.54, 1.807) is 11.8 Å². The molecule has 1 atom stereocenters. The Balaban J connectivity index is 2.45. The van der Waals surface area contributed by atoms with Gasteiger partial charge in [0.15, 0.2) is 0 Å². The van der Waals surface area contributed by atoms with Crippen molar-refractivity contribution in [3.05, 3.63) is 11.6 Å². The van der Waals surface area contributed by atoms with Gasteiger partial charge in [0.05, 0.1) is 0 Å². The molecule has 0 aliphatic carbocycles. The van der Waals surface area contributed by atoms with Gasteiger partial charge in [-0.3, -0.25) is 9.89 Å². The van der Waals surface area contributed by atoms with E-state index in [0.29, 0.717) is 0 Å². The summed E-state index contributed by atoms with van der Waals surface area (Å²) in [5.41, 5.74) is 0. The first-order valence-corrected chi connectivity index (χ1v) is 7.12. The van der Waals surface area contributed by atoms with Crippen LogP contribution in [0.2, 0.25) is 0 Å². The number of hydrogen-bond acceptors (Lipinski definition) is 4. The standard InChI is InChI=1S/C11H20N4OS/c1-4-6-9-13-10(15-14-9)11(16)12-8(3)7-17-5-2/h8H,4-7H2,1-3H3,(H,12,16)(H,13,14,15). The molecule has 0 saturated heterocycles. The molecule has 1 rings (SSSR count). The molecule has 1 aromatic rings. The zero-order valence-corrected chi connectivity index (χ0v) is 11.4. The fraction of sp³-hybridized carbons (Fsp3) is 0.727. The molecule has 96 valence electrons. The molecule has 1 unspecified atom stereocenters. The number of nitrogens with one attached hydrogen (secondary N) is 2. The summed E-state index contributed by atoms with van der Waals surface area (Å²) in [4.78, 5) is 15.9. The van der Waals surface area contributed by atoms with Crippen LogP contribution in [0.5, 0.6) is 0 Å². The second-order valence-electron chi connectivity index (χ2n) is 3.89. The number of aromatic amines is 1. The maximum absolute atomic E-state index is 11.8. The van der Waals surface area contributed by atoms with Crippen molar-refractivity contribution in [1.29, 1.82) is 0 Å². The lowest BCUT2D eigenvalue weighted by Gasteiger charge is -2.10. The van der Waals surface area contributed by atoms with E-state index in [4.69, 9.17) is 0 Å². The van der Waals surface area contributed by atoms with Crippen LogP contribution in [0.3, 0.4) is 0 Å². The lowest BCUT2D eigenvalue weighted by molar-refractivity contribution is 0.0933. The predicted octanol–water partition coefficient (Wildman–Crippen LogP) is 1.63. The Morgan fingerprint density at radius 3 is 2.94 bits per heavy atom. The van der Waals surface area contributed by atoms with Crippen LogP contribution in [0.15, 0.2) is 0 Å². The van der Waals surface area contributed by atoms with Crippen molar-refractivity contribution in [3.63, 3.8) is 0 Å². The second-order valence-corrected chi connectivity index (χ2v) is 5.21. The van der Waals surface area contributed by atoms with Crippen LogP contribution in [-0.4, -0.2) is 38.6 Å². The van der Waals surface area contributed by atoms with E-state index in [0.717, 1.165) is 30.2 Å². The Morgan fingerprint density at radius 2 is 2.29 bits per heavy atom. The molecule has 0 bridgehead atoms. The zero-order valence-electron chi connectivity index (χ0n) is 10.6. The molecule has 0 fully saturated rings. The molecule has 1 heterocycles. The lowest BCUT2D eigenvalue weighted by Crippen LogP contribution is -2.35.